The molecule has 0 fully saturated rings. The zero-order chi connectivity index (χ0) is 5.86. The van der Waals surface area contributed by atoms with Crippen molar-refractivity contribution in [1.82, 2.24) is 0 Å². The summed E-state index contributed by atoms with van der Waals surface area (Å²) in [6.45, 7) is 0. The predicted octanol–water partition coefficient (Wildman–Crippen LogP) is -0.879. The Kier molecular flexibility index (Phi) is 10.7. The summed E-state index contributed by atoms with van der Waals surface area (Å²) < 4.78 is 37.2. The molecular formula is H4BaO5S2. The number of hydrogen-bond acceptors (Lipinski definition) is 3. The molecular weight excluding hydrogens is 281 g/mol. The van der Waals surface area contributed by atoms with E-state index in [0.717, 1.165) is 0 Å². The van der Waals surface area contributed by atoms with Crippen molar-refractivity contribution in [3.8, 4) is 0 Å². The molecule has 0 aliphatic carbocycles. The maximum absolute atomic E-state index is 9.35. The van der Waals surface area contributed by atoms with Gasteiger partial charge in [0.15, 0.2) is 0 Å². The summed E-state index contributed by atoms with van der Waals surface area (Å²) >= 11 is -5.29. The Morgan fingerprint density at radius 2 is 1.50 bits per heavy atom. The molecule has 0 aliphatic rings. The van der Waals surface area contributed by atoms with E-state index in [1.165, 1.54) is 0 Å². The number of hydrogen-bond donors (Lipinski definition) is 2. The van der Waals surface area contributed by atoms with Crippen LogP contribution in [0.4, 0.5) is 0 Å². The van der Waals surface area contributed by atoms with Crippen LogP contribution in [0.1, 0.15) is 2.85 Å². The van der Waals surface area contributed by atoms with Gasteiger partial charge in [-0.05, 0) is 0 Å². The van der Waals surface area contributed by atoms with Crippen molar-refractivity contribution in [2.75, 3.05) is 0 Å². The van der Waals surface area contributed by atoms with Gasteiger partial charge in [-0.2, -0.15) is 8.42 Å². The topological polar surface area (TPSA) is 83.8 Å². The fourth-order valence-corrected chi connectivity index (χ4v) is 0.448. The molecule has 0 atom stereocenters. The summed E-state index contributed by atoms with van der Waals surface area (Å²) in [5, 5.41) is 0. The van der Waals surface area contributed by atoms with Crippen molar-refractivity contribution in [3.63, 3.8) is 0 Å². The van der Waals surface area contributed by atoms with E-state index >= 15 is 0 Å². The Morgan fingerprint density at radius 3 is 1.50 bits per heavy atom. The Labute approximate surface area is 94.2 Å². The molecule has 2 N–H and O–H groups in total. The first-order chi connectivity index (χ1) is 3.13. The van der Waals surface area contributed by atoms with Crippen LogP contribution in [0.5, 0.6) is 0 Å². The molecule has 0 aromatic heterocycles. The minimum absolute atomic E-state index is 0. The summed E-state index contributed by atoms with van der Waals surface area (Å²) in [6.07, 6.45) is 0. The van der Waals surface area contributed by atoms with Crippen LogP contribution in [0.15, 0.2) is 0 Å². The molecule has 0 spiro atoms. The second kappa shape index (κ2) is 6.87. The standard InChI is InChI=1S/Ba.H2O5S2.2H/c;1-6(2)5-7(3)4;;/h;(H,1,2)(H,3,4);;/q+2;;2*-1. The average Bonchev–Trinajstić information content (AvgIpc) is 1.27. The molecule has 0 heterocycles. The minimum Gasteiger partial charge on any atom is -1.00 e. The van der Waals surface area contributed by atoms with E-state index in [9.17, 15) is 8.42 Å². The summed E-state index contributed by atoms with van der Waals surface area (Å²) in [4.78, 5) is 0. The summed E-state index contributed by atoms with van der Waals surface area (Å²) in [7, 11) is 0. The zero-order valence-corrected chi connectivity index (χ0v) is 9.72. The van der Waals surface area contributed by atoms with Crippen molar-refractivity contribution in [2.45, 2.75) is 0 Å². The van der Waals surface area contributed by atoms with E-state index in [4.69, 9.17) is 9.11 Å². The van der Waals surface area contributed by atoms with Crippen molar-refractivity contribution >= 4 is 71.6 Å². The van der Waals surface area contributed by atoms with Gasteiger partial charge in [0.05, 0.1) is 0 Å². The third-order valence-corrected chi connectivity index (χ3v) is 1.05. The maximum Gasteiger partial charge on any atom is 2.00 e. The smallest absolute Gasteiger partial charge is 1.00 e. The molecule has 8 heavy (non-hydrogen) atoms. The zero-order valence-electron chi connectivity index (χ0n) is 5.64. The van der Waals surface area contributed by atoms with Gasteiger partial charge in [0.2, 0.25) is 0 Å². The SMILES string of the molecule is O=S(O)OS(=O)O.[Ba+2].[H-].[H-]. The quantitative estimate of drug-likeness (QED) is 0.508. The molecule has 8 heteroatoms. The Hall–Kier alpha value is 1.75. The molecule has 0 rings (SSSR count). The average molecular weight is 285 g/mol. The van der Waals surface area contributed by atoms with Crippen LogP contribution in [-0.2, 0) is 26.4 Å². The summed E-state index contributed by atoms with van der Waals surface area (Å²) in [5.74, 6) is 0. The molecule has 0 unspecified atom stereocenters. The predicted molar refractivity (Wildman–Crippen MR) is 30.6 cm³/mol. The molecule has 0 radical (unpaired) electrons. The van der Waals surface area contributed by atoms with Crippen molar-refractivity contribution in [3.05, 3.63) is 0 Å². The van der Waals surface area contributed by atoms with Gasteiger partial charge in [-0.1, -0.05) is 0 Å². The molecule has 0 saturated carbocycles. The van der Waals surface area contributed by atoms with E-state index < -0.39 is 22.7 Å². The van der Waals surface area contributed by atoms with Crippen LogP contribution in [0.25, 0.3) is 0 Å². The normalized spacial score (nSPS) is 16.2. The van der Waals surface area contributed by atoms with Gasteiger partial charge >= 0.3 is 71.6 Å². The van der Waals surface area contributed by atoms with E-state index in [1.807, 2.05) is 0 Å². The van der Waals surface area contributed by atoms with E-state index in [-0.39, 0.29) is 51.7 Å². The van der Waals surface area contributed by atoms with E-state index in [2.05, 4.69) is 3.63 Å². The van der Waals surface area contributed by atoms with Crippen molar-refractivity contribution in [1.29, 1.82) is 0 Å². The van der Waals surface area contributed by atoms with Gasteiger partial charge in [0, 0.05) is 0 Å². The fourth-order valence-electron chi connectivity index (χ4n) is 0.0498. The molecule has 0 bridgehead atoms. The molecule has 0 saturated heterocycles. The molecule has 0 aromatic carbocycles. The number of rotatable bonds is 2. The maximum atomic E-state index is 9.35. The van der Waals surface area contributed by atoms with Gasteiger partial charge in [0.25, 0.3) is 0 Å². The second-order valence-electron chi connectivity index (χ2n) is 0.502. The molecule has 0 aromatic rings. The Bertz CT molecular complexity index is 93.8. The van der Waals surface area contributed by atoms with Crippen LogP contribution < -0.4 is 0 Å². The van der Waals surface area contributed by atoms with Crippen LogP contribution in [-0.4, -0.2) is 66.4 Å². The third kappa shape index (κ3) is 10.7. The van der Waals surface area contributed by atoms with E-state index in [0.29, 0.717) is 0 Å². The van der Waals surface area contributed by atoms with Gasteiger partial charge < -0.3 is 2.85 Å². The monoisotopic (exact) mass is 286 g/mol. The van der Waals surface area contributed by atoms with Crippen molar-refractivity contribution < 1.29 is 24.0 Å². The van der Waals surface area contributed by atoms with Crippen LogP contribution in [0, 0.1) is 0 Å². The van der Waals surface area contributed by atoms with Gasteiger partial charge in [-0.15, -0.1) is 3.63 Å². The largest absolute Gasteiger partial charge is 2.00 e. The van der Waals surface area contributed by atoms with E-state index in [1.54, 1.807) is 0 Å². The summed E-state index contributed by atoms with van der Waals surface area (Å²) in [5.41, 5.74) is 0. The molecule has 5 nitrogen and oxygen atoms in total. The van der Waals surface area contributed by atoms with Gasteiger partial charge in [-0.3, -0.25) is 9.11 Å². The molecule has 0 aliphatic heterocycles. The van der Waals surface area contributed by atoms with Crippen molar-refractivity contribution in [2.24, 2.45) is 0 Å². The van der Waals surface area contributed by atoms with Gasteiger partial charge in [0.1, 0.15) is 0 Å². The first-order valence-corrected chi connectivity index (χ1v) is 3.10. The first-order valence-electron chi connectivity index (χ1n) is 1.03. The van der Waals surface area contributed by atoms with Crippen LogP contribution >= 0.6 is 0 Å². The van der Waals surface area contributed by atoms with Crippen LogP contribution in [0.3, 0.4) is 0 Å². The Balaban J connectivity index is -0.0000000600. The Morgan fingerprint density at radius 1 is 1.25 bits per heavy atom. The molecule has 48 valence electrons. The third-order valence-electron chi connectivity index (χ3n) is 0.116. The summed E-state index contributed by atoms with van der Waals surface area (Å²) in [6, 6.07) is 0. The second-order valence-corrected chi connectivity index (χ2v) is 1.92. The van der Waals surface area contributed by atoms with Gasteiger partial charge in [-0.25, -0.2) is 0 Å². The first kappa shape index (κ1) is 12.4. The fraction of sp³-hybridized carbons (Fsp3) is 0. The molecule has 0 amide bonds. The van der Waals surface area contributed by atoms with Crippen LogP contribution in [0.2, 0.25) is 0 Å². The minimum atomic E-state index is -2.65.